The molecule has 3 aromatic rings. The average molecular weight is 515 g/mol. The zero-order valence-electron chi connectivity index (χ0n) is 21.1. The topological polar surface area (TPSA) is 9.23 Å². The van der Waals surface area contributed by atoms with Crippen molar-refractivity contribution < 1.29 is 26.7 Å². The zero-order valence-corrected chi connectivity index (χ0v) is 21.1. The molecule has 1 aliphatic heterocycles. The minimum atomic E-state index is -1.25. The van der Waals surface area contributed by atoms with Crippen molar-refractivity contribution in [3.63, 3.8) is 0 Å². The van der Waals surface area contributed by atoms with Gasteiger partial charge in [-0.25, -0.2) is 22.0 Å². The number of hydrogen-bond acceptors (Lipinski definition) is 1. The number of halogens is 5. The van der Waals surface area contributed by atoms with E-state index in [9.17, 15) is 8.78 Å². The molecule has 0 aliphatic carbocycles. The summed E-state index contributed by atoms with van der Waals surface area (Å²) in [5.74, 6) is -5.36. The van der Waals surface area contributed by atoms with E-state index in [1.165, 1.54) is 30.3 Å². The predicted molar refractivity (Wildman–Crippen MR) is 137 cm³/mol. The summed E-state index contributed by atoms with van der Waals surface area (Å²) in [6.07, 6.45) is 7.29. The molecule has 1 aliphatic rings. The van der Waals surface area contributed by atoms with Crippen LogP contribution in [0.25, 0.3) is 17.2 Å². The summed E-state index contributed by atoms with van der Waals surface area (Å²) in [5, 5.41) is 0. The third-order valence-corrected chi connectivity index (χ3v) is 7.09. The lowest BCUT2D eigenvalue weighted by molar-refractivity contribution is -0.00181. The first-order valence-corrected chi connectivity index (χ1v) is 12.8. The fraction of sp³-hybridized carbons (Fsp3) is 0.355. The highest BCUT2D eigenvalue weighted by Gasteiger charge is 2.28. The summed E-state index contributed by atoms with van der Waals surface area (Å²) in [6.45, 7) is 4.20. The number of benzene rings is 3. The van der Waals surface area contributed by atoms with Crippen molar-refractivity contribution in [1.29, 1.82) is 0 Å². The van der Waals surface area contributed by atoms with Gasteiger partial charge in [-0.1, -0.05) is 61.9 Å². The molecule has 2 atom stereocenters. The van der Waals surface area contributed by atoms with Crippen LogP contribution in [0.1, 0.15) is 67.7 Å². The molecule has 196 valence electrons. The van der Waals surface area contributed by atoms with Gasteiger partial charge in [0.05, 0.1) is 12.7 Å². The Morgan fingerprint density at radius 1 is 0.811 bits per heavy atom. The Morgan fingerprint density at radius 3 is 2.14 bits per heavy atom. The van der Waals surface area contributed by atoms with Gasteiger partial charge in [0, 0.05) is 17.0 Å². The van der Waals surface area contributed by atoms with Gasteiger partial charge in [0.15, 0.2) is 23.3 Å². The van der Waals surface area contributed by atoms with Gasteiger partial charge in [-0.15, -0.1) is 0 Å². The number of aryl methyl sites for hydroxylation is 2. The van der Waals surface area contributed by atoms with E-state index in [4.69, 9.17) is 4.74 Å². The van der Waals surface area contributed by atoms with Gasteiger partial charge in [0.25, 0.3) is 0 Å². The minimum absolute atomic E-state index is 0.0386. The van der Waals surface area contributed by atoms with E-state index in [1.807, 2.05) is 6.92 Å². The highest BCUT2D eigenvalue weighted by Crippen LogP contribution is 2.36. The van der Waals surface area contributed by atoms with Crippen molar-refractivity contribution in [3.05, 3.63) is 99.9 Å². The van der Waals surface area contributed by atoms with Gasteiger partial charge in [-0.05, 0) is 67.3 Å². The van der Waals surface area contributed by atoms with Gasteiger partial charge >= 0.3 is 0 Å². The van der Waals surface area contributed by atoms with E-state index in [-0.39, 0.29) is 47.1 Å². The molecule has 0 radical (unpaired) electrons. The molecule has 0 bridgehead atoms. The number of allylic oxidation sites excluding steroid dienone is 1. The number of hydrogen-bond donors (Lipinski definition) is 0. The summed E-state index contributed by atoms with van der Waals surface area (Å²) in [4.78, 5) is 0. The summed E-state index contributed by atoms with van der Waals surface area (Å²) in [7, 11) is 0. The Balaban J connectivity index is 1.52. The van der Waals surface area contributed by atoms with Crippen molar-refractivity contribution in [2.24, 2.45) is 0 Å². The van der Waals surface area contributed by atoms with E-state index in [2.05, 4.69) is 6.92 Å². The Labute approximate surface area is 215 Å². The van der Waals surface area contributed by atoms with Gasteiger partial charge in [-0.2, -0.15) is 0 Å². The van der Waals surface area contributed by atoms with Crippen LogP contribution in [-0.2, 0) is 17.6 Å². The van der Waals surface area contributed by atoms with Gasteiger partial charge in [0.1, 0.15) is 5.82 Å². The van der Waals surface area contributed by atoms with E-state index >= 15 is 13.2 Å². The van der Waals surface area contributed by atoms with Crippen LogP contribution in [0.5, 0.6) is 0 Å². The Hall–Kier alpha value is -2.99. The Kier molecular flexibility index (Phi) is 8.80. The lowest BCUT2D eigenvalue weighted by atomic mass is 9.88. The van der Waals surface area contributed by atoms with Gasteiger partial charge in [-0.3, -0.25) is 0 Å². The second kappa shape index (κ2) is 12.0. The fourth-order valence-corrected chi connectivity index (χ4v) is 5.01. The normalized spacial score (nSPS) is 18.0. The molecule has 6 heteroatoms. The standard InChI is InChI=1S/C31H31F5O/c1-3-5-19-7-8-20(27(32)17-19)9-10-21-12-14-25(30(35)28(21)33)26-16-15-24(29(34)31(26)36)22-11-13-23(6-4-2)37-18-22/h3,5,7-8,12,14-17,22-23H,4,6,9-11,13,18H2,1-2H3/b5-3+. The highest BCUT2D eigenvalue weighted by atomic mass is 19.2. The van der Waals surface area contributed by atoms with Crippen LogP contribution >= 0.6 is 0 Å². The molecular formula is C31H31F5O. The fourth-order valence-electron chi connectivity index (χ4n) is 5.01. The van der Waals surface area contributed by atoms with Crippen LogP contribution in [-0.4, -0.2) is 12.7 Å². The zero-order chi connectivity index (χ0) is 26.5. The molecular weight excluding hydrogens is 483 g/mol. The van der Waals surface area contributed by atoms with E-state index in [0.717, 1.165) is 19.3 Å². The SMILES string of the molecule is C/C=C/c1ccc(CCc2ccc(-c3ccc(C4CCC(CCC)OC4)c(F)c3F)c(F)c2F)c(F)c1. The molecule has 1 saturated heterocycles. The third kappa shape index (κ3) is 5.96. The van der Waals surface area contributed by atoms with Crippen LogP contribution in [0.2, 0.25) is 0 Å². The van der Waals surface area contributed by atoms with Crippen LogP contribution < -0.4 is 0 Å². The average Bonchev–Trinajstić information content (AvgIpc) is 2.89. The number of rotatable bonds is 8. The van der Waals surface area contributed by atoms with Crippen molar-refractivity contribution in [2.45, 2.75) is 64.4 Å². The maximum Gasteiger partial charge on any atom is 0.167 e. The number of ether oxygens (including phenoxy) is 1. The lowest BCUT2D eigenvalue weighted by Crippen LogP contribution is -2.25. The molecule has 1 fully saturated rings. The summed E-state index contributed by atoms with van der Waals surface area (Å²) in [6, 6.07) is 10.1. The molecule has 0 saturated carbocycles. The molecule has 2 unspecified atom stereocenters. The molecule has 1 nitrogen and oxygen atoms in total. The second-order valence-corrected chi connectivity index (χ2v) is 9.60. The van der Waals surface area contributed by atoms with Crippen LogP contribution in [0.3, 0.4) is 0 Å². The van der Waals surface area contributed by atoms with E-state index in [0.29, 0.717) is 24.2 Å². The van der Waals surface area contributed by atoms with Gasteiger partial charge in [0.2, 0.25) is 0 Å². The largest absolute Gasteiger partial charge is 0.378 e. The monoisotopic (exact) mass is 514 g/mol. The van der Waals surface area contributed by atoms with E-state index < -0.39 is 29.1 Å². The van der Waals surface area contributed by atoms with Crippen LogP contribution in [0.4, 0.5) is 22.0 Å². The minimum Gasteiger partial charge on any atom is -0.378 e. The van der Waals surface area contributed by atoms with E-state index in [1.54, 1.807) is 24.3 Å². The summed E-state index contributed by atoms with van der Waals surface area (Å²) < 4.78 is 80.2. The molecule has 4 rings (SSSR count). The predicted octanol–water partition coefficient (Wildman–Crippen LogP) is 8.93. The maximum absolute atomic E-state index is 15.1. The summed E-state index contributed by atoms with van der Waals surface area (Å²) >= 11 is 0. The first-order valence-electron chi connectivity index (χ1n) is 12.8. The van der Waals surface area contributed by atoms with Crippen molar-refractivity contribution in [1.82, 2.24) is 0 Å². The third-order valence-electron chi connectivity index (χ3n) is 7.09. The Morgan fingerprint density at radius 2 is 1.49 bits per heavy atom. The smallest absolute Gasteiger partial charge is 0.167 e. The Bertz CT molecular complexity index is 1280. The van der Waals surface area contributed by atoms with Crippen LogP contribution in [0.15, 0.2) is 48.5 Å². The first-order chi connectivity index (χ1) is 17.8. The molecule has 0 amide bonds. The van der Waals surface area contributed by atoms with Gasteiger partial charge < -0.3 is 4.74 Å². The molecule has 37 heavy (non-hydrogen) atoms. The van der Waals surface area contributed by atoms with Crippen molar-refractivity contribution in [3.8, 4) is 11.1 Å². The molecule has 3 aromatic carbocycles. The molecule has 0 spiro atoms. The summed E-state index contributed by atoms with van der Waals surface area (Å²) in [5.41, 5.74) is 0.632. The molecule has 0 N–H and O–H groups in total. The second-order valence-electron chi connectivity index (χ2n) is 9.60. The van der Waals surface area contributed by atoms with Crippen molar-refractivity contribution in [2.75, 3.05) is 6.61 Å². The molecule has 0 aromatic heterocycles. The lowest BCUT2D eigenvalue weighted by Gasteiger charge is -2.29. The van der Waals surface area contributed by atoms with Crippen LogP contribution in [0, 0.1) is 29.1 Å². The quantitative estimate of drug-likeness (QED) is 0.273. The highest BCUT2D eigenvalue weighted by molar-refractivity contribution is 5.66. The van der Waals surface area contributed by atoms with Crippen molar-refractivity contribution >= 4 is 6.08 Å². The first kappa shape index (κ1) is 27.1. The maximum atomic E-state index is 15.1. The molecule has 1 heterocycles.